The number of aromatic nitrogens is 2. The monoisotopic (exact) mass is 382 g/mol. The number of carbonyl (C=O) groups is 1. The smallest absolute Gasteiger partial charge is 0.340 e. The van der Waals surface area contributed by atoms with Crippen LogP contribution >= 0.6 is 22.9 Å². The standard InChI is InChI=1S/C20H15ClN2O2S/c1-25-20(24)15-8-9-17(21)16-11-22-23(19(15)16)12-14-7-10-18(26-14)13-5-3-2-4-6-13/h2-11H,12H2,1H3. The number of halogens is 1. The molecule has 2 aromatic heterocycles. The number of carbonyl (C=O) groups excluding carboxylic acids is 1. The van der Waals surface area contributed by atoms with E-state index in [0.717, 1.165) is 10.3 Å². The molecule has 0 fully saturated rings. The number of methoxy groups -OCH3 is 1. The first kappa shape index (κ1) is 16.8. The maximum absolute atomic E-state index is 12.1. The molecule has 4 aromatic rings. The first-order valence-electron chi connectivity index (χ1n) is 8.04. The fraction of sp³-hybridized carbons (Fsp3) is 0.100. The molecule has 4 rings (SSSR count). The van der Waals surface area contributed by atoms with E-state index in [-0.39, 0.29) is 0 Å². The van der Waals surface area contributed by atoms with E-state index in [1.165, 1.54) is 17.6 Å². The first-order chi connectivity index (χ1) is 12.7. The van der Waals surface area contributed by atoms with Gasteiger partial charge in [-0.1, -0.05) is 41.9 Å². The second-order valence-corrected chi connectivity index (χ2v) is 7.36. The molecule has 0 bridgehead atoms. The van der Waals surface area contributed by atoms with Gasteiger partial charge in [0.2, 0.25) is 0 Å². The van der Waals surface area contributed by atoms with Crippen molar-refractivity contribution >= 4 is 39.8 Å². The van der Waals surface area contributed by atoms with E-state index in [0.29, 0.717) is 22.6 Å². The maximum atomic E-state index is 12.1. The third-order valence-electron chi connectivity index (χ3n) is 4.18. The van der Waals surface area contributed by atoms with Crippen LogP contribution in [-0.2, 0) is 11.3 Å². The SMILES string of the molecule is COC(=O)c1ccc(Cl)c2cnn(Cc3ccc(-c4ccccc4)s3)c12. The van der Waals surface area contributed by atoms with Crippen LogP contribution in [-0.4, -0.2) is 22.9 Å². The quantitative estimate of drug-likeness (QED) is 0.452. The highest BCUT2D eigenvalue weighted by molar-refractivity contribution is 7.15. The molecule has 0 N–H and O–H groups in total. The number of rotatable bonds is 4. The minimum Gasteiger partial charge on any atom is -0.465 e. The van der Waals surface area contributed by atoms with Crippen LogP contribution < -0.4 is 0 Å². The van der Waals surface area contributed by atoms with Gasteiger partial charge in [-0.05, 0) is 29.8 Å². The Balaban J connectivity index is 1.73. The third kappa shape index (κ3) is 3.00. The third-order valence-corrected chi connectivity index (χ3v) is 5.63. The zero-order valence-electron chi connectivity index (χ0n) is 14.0. The summed E-state index contributed by atoms with van der Waals surface area (Å²) in [5.74, 6) is -0.399. The van der Waals surface area contributed by atoms with Crippen molar-refractivity contribution in [3.8, 4) is 10.4 Å². The Bertz CT molecular complexity index is 1090. The molecule has 0 aliphatic rings. The first-order valence-corrected chi connectivity index (χ1v) is 9.23. The van der Waals surface area contributed by atoms with Crippen molar-refractivity contribution in [2.24, 2.45) is 0 Å². The van der Waals surface area contributed by atoms with Crippen molar-refractivity contribution in [1.82, 2.24) is 9.78 Å². The minimum atomic E-state index is -0.399. The maximum Gasteiger partial charge on any atom is 0.340 e. The van der Waals surface area contributed by atoms with Crippen molar-refractivity contribution in [3.63, 3.8) is 0 Å². The predicted molar refractivity (Wildman–Crippen MR) is 105 cm³/mol. The molecule has 6 heteroatoms. The molecule has 0 radical (unpaired) electrons. The summed E-state index contributed by atoms with van der Waals surface area (Å²) in [4.78, 5) is 14.5. The molecule has 0 saturated heterocycles. The molecule has 0 atom stereocenters. The lowest BCUT2D eigenvalue weighted by molar-refractivity contribution is 0.0602. The van der Waals surface area contributed by atoms with Crippen molar-refractivity contribution in [2.45, 2.75) is 6.54 Å². The predicted octanol–water partition coefficient (Wildman–Crippen LogP) is 5.25. The number of hydrogen-bond donors (Lipinski definition) is 0. The van der Waals surface area contributed by atoms with Gasteiger partial charge in [0.15, 0.2) is 0 Å². The number of ether oxygens (including phenoxy) is 1. The topological polar surface area (TPSA) is 44.1 Å². The second-order valence-electron chi connectivity index (χ2n) is 5.78. The van der Waals surface area contributed by atoms with Crippen LogP contribution in [0.2, 0.25) is 5.02 Å². The van der Waals surface area contributed by atoms with Crippen molar-refractivity contribution < 1.29 is 9.53 Å². The van der Waals surface area contributed by atoms with Gasteiger partial charge >= 0.3 is 5.97 Å². The van der Waals surface area contributed by atoms with Gasteiger partial charge in [-0.3, -0.25) is 4.68 Å². The van der Waals surface area contributed by atoms with Crippen molar-refractivity contribution in [2.75, 3.05) is 7.11 Å². The lowest BCUT2D eigenvalue weighted by Crippen LogP contribution is -2.07. The zero-order chi connectivity index (χ0) is 18.1. The van der Waals surface area contributed by atoms with Crippen molar-refractivity contribution in [1.29, 1.82) is 0 Å². The molecule has 4 nitrogen and oxygen atoms in total. The summed E-state index contributed by atoms with van der Waals surface area (Å²) >= 11 is 7.98. The Morgan fingerprint density at radius 3 is 2.73 bits per heavy atom. The Kier molecular flexibility index (Phi) is 4.49. The van der Waals surface area contributed by atoms with Gasteiger partial charge in [0.25, 0.3) is 0 Å². The van der Waals surface area contributed by atoms with E-state index < -0.39 is 5.97 Å². The molecule has 130 valence electrons. The number of esters is 1. The lowest BCUT2D eigenvalue weighted by Gasteiger charge is -2.07. The Morgan fingerprint density at radius 2 is 1.96 bits per heavy atom. The Morgan fingerprint density at radius 1 is 1.15 bits per heavy atom. The fourth-order valence-electron chi connectivity index (χ4n) is 2.93. The summed E-state index contributed by atoms with van der Waals surface area (Å²) in [7, 11) is 1.37. The normalized spacial score (nSPS) is 11.0. The van der Waals surface area contributed by atoms with Crippen molar-refractivity contribution in [3.05, 3.63) is 76.3 Å². The lowest BCUT2D eigenvalue weighted by atomic mass is 10.1. The average Bonchev–Trinajstić information content (AvgIpc) is 3.31. The van der Waals surface area contributed by atoms with E-state index in [2.05, 4.69) is 29.4 Å². The number of benzene rings is 2. The molecule has 2 heterocycles. The summed E-state index contributed by atoms with van der Waals surface area (Å²) in [6, 6.07) is 17.8. The summed E-state index contributed by atoms with van der Waals surface area (Å²) in [6.45, 7) is 0.561. The van der Waals surface area contributed by atoms with Crippen LogP contribution in [0.5, 0.6) is 0 Å². The molecule has 0 amide bonds. The number of fused-ring (bicyclic) bond motifs is 1. The summed E-state index contributed by atoms with van der Waals surface area (Å²) in [5, 5.41) is 5.75. The van der Waals surface area contributed by atoms with E-state index in [9.17, 15) is 4.79 Å². The molecule has 0 aliphatic heterocycles. The summed E-state index contributed by atoms with van der Waals surface area (Å²) < 4.78 is 6.70. The van der Waals surface area contributed by atoms with E-state index in [1.807, 2.05) is 18.2 Å². The molecule has 0 unspecified atom stereocenters. The highest BCUT2D eigenvalue weighted by Crippen LogP contribution is 2.31. The largest absolute Gasteiger partial charge is 0.465 e. The number of thiophene rings is 1. The fourth-order valence-corrected chi connectivity index (χ4v) is 4.13. The minimum absolute atomic E-state index is 0.399. The number of hydrogen-bond acceptors (Lipinski definition) is 4. The average molecular weight is 383 g/mol. The molecule has 0 saturated carbocycles. The highest BCUT2D eigenvalue weighted by Gasteiger charge is 2.17. The van der Waals surface area contributed by atoms with Crippen LogP contribution in [0.3, 0.4) is 0 Å². The van der Waals surface area contributed by atoms with Gasteiger partial charge in [-0.15, -0.1) is 11.3 Å². The van der Waals surface area contributed by atoms with E-state index >= 15 is 0 Å². The zero-order valence-corrected chi connectivity index (χ0v) is 15.6. The van der Waals surface area contributed by atoms with Crippen LogP contribution in [0.25, 0.3) is 21.3 Å². The molecule has 26 heavy (non-hydrogen) atoms. The van der Waals surface area contributed by atoms with Crippen LogP contribution in [0, 0.1) is 0 Å². The van der Waals surface area contributed by atoms with E-state index in [4.69, 9.17) is 16.3 Å². The van der Waals surface area contributed by atoms with Crippen LogP contribution in [0.1, 0.15) is 15.2 Å². The highest BCUT2D eigenvalue weighted by atomic mass is 35.5. The van der Waals surface area contributed by atoms with Gasteiger partial charge in [0, 0.05) is 15.1 Å². The Hall–Kier alpha value is -2.63. The van der Waals surface area contributed by atoms with E-state index in [1.54, 1.807) is 34.3 Å². The Labute approximate surface area is 159 Å². The summed E-state index contributed by atoms with van der Waals surface area (Å²) in [5.41, 5.74) is 2.34. The van der Waals surface area contributed by atoms with Gasteiger partial charge < -0.3 is 4.74 Å². The molecular weight excluding hydrogens is 368 g/mol. The van der Waals surface area contributed by atoms with Gasteiger partial charge in [-0.2, -0.15) is 5.10 Å². The second kappa shape index (κ2) is 6.94. The van der Waals surface area contributed by atoms with Crippen LogP contribution in [0.15, 0.2) is 60.8 Å². The molecule has 2 aromatic carbocycles. The van der Waals surface area contributed by atoms with Crippen LogP contribution in [0.4, 0.5) is 0 Å². The van der Waals surface area contributed by atoms with Gasteiger partial charge in [-0.25, -0.2) is 4.79 Å². The number of nitrogens with zero attached hydrogens (tertiary/aromatic N) is 2. The molecular formula is C20H15ClN2O2S. The molecule has 0 spiro atoms. The van der Waals surface area contributed by atoms with Gasteiger partial charge in [0.05, 0.1) is 36.0 Å². The van der Waals surface area contributed by atoms with Gasteiger partial charge in [0.1, 0.15) is 0 Å². The summed E-state index contributed by atoms with van der Waals surface area (Å²) in [6.07, 6.45) is 1.69. The molecule has 0 aliphatic carbocycles.